The summed E-state index contributed by atoms with van der Waals surface area (Å²) in [4.78, 5) is 23.9. The van der Waals surface area contributed by atoms with Crippen molar-refractivity contribution in [2.75, 3.05) is 37.5 Å². The summed E-state index contributed by atoms with van der Waals surface area (Å²) in [6.07, 6.45) is 6.21. The second-order valence-corrected chi connectivity index (χ2v) is 6.59. The molecule has 138 valence electrons. The fourth-order valence-electron chi connectivity index (χ4n) is 3.08. The molecule has 0 atom stereocenters. The highest BCUT2D eigenvalue weighted by atomic mass is 16.5. The van der Waals surface area contributed by atoms with Gasteiger partial charge in [-0.25, -0.2) is 9.97 Å². The summed E-state index contributed by atoms with van der Waals surface area (Å²) in [5.41, 5.74) is 0. The molecule has 1 saturated carbocycles. The van der Waals surface area contributed by atoms with E-state index in [1.54, 1.807) is 0 Å². The lowest BCUT2D eigenvalue weighted by atomic mass is 10.1. The lowest BCUT2D eigenvalue weighted by Gasteiger charge is -2.32. The Morgan fingerprint density at radius 3 is 2.27 bits per heavy atom. The molecular formula is C17H23N7O2. The van der Waals surface area contributed by atoms with E-state index in [2.05, 4.69) is 35.1 Å². The van der Waals surface area contributed by atoms with Crippen LogP contribution in [0.15, 0.2) is 12.3 Å². The molecule has 9 nitrogen and oxygen atoms in total. The molecule has 0 unspecified atom stereocenters. The average Bonchev–Trinajstić information content (AvgIpc) is 3.54. The highest BCUT2D eigenvalue weighted by Gasteiger charge is 2.27. The summed E-state index contributed by atoms with van der Waals surface area (Å²) in [7, 11) is 3.07. The predicted molar refractivity (Wildman–Crippen MR) is 95.8 cm³/mol. The molecule has 1 saturated heterocycles. The lowest BCUT2D eigenvalue weighted by molar-refractivity contribution is 0.339. The smallest absolute Gasteiger partial charge is 0.324 e. The van der Waals surface area contributed by atoms with Gasteiger partial charge in [-0.2, -0.15) is 9.97 Å². The van der Waals surface area contributed by atoms with Crippen LogP contribution in [0.3, 0.4) is 0 Å². The number of hydrogen-bond acceptors (Lipinski definition) is 9. The maximum Gasteiger partial charge on any atom is 0.324 e. The van der Waals surface area contributed by atoms with Crippen molar-refractivity contribution in [2.24, 2.45) is 0 Å². The van der Waals surface area contributed by atoms with Gasteiger partial charge in [0.2, 0.25) is 5.95 Å². The zero-order valence-corrected chi connectivity index (χ0v) is 15.1. The Hall–Kier alpha value is -2.71. The normalized spacial score (nSPS) is 17.8. The van der Waals surface area contributed by atoms with Gasteiger partial charge >= 0.3 is 12.0 Å². The third-order valence-corrected chi connectivity index (χ3v) is 4.69. The first-order valence-electron chi connectivity index (χ1n) is 8.93. The van der Waals surface area contributed by atoms with Gasteiger partial charge in [0, 0.05) is 31.2 Å². The average molecular weight is 357 g/mol. The fourth-order valence-corrected chi connectivity index (χ4v) is 3.08. The number of anilines is 2. The summed E-state index contributed by atoms with van der Waals surface area (Å²) in [6.45, 7) is 1.68. The predicted octanol–water partition coefficient (Wildman–Crippen LogP) is 1.64. The maximum atomic E-state index is 5.13. The fraction of sp³-hybridized carbons (Fsp3) is 0.588. The Labute approximate surface area is 152 Å². The topological polar surface area (TPSA) is 98.2 Å². The van der Waals surface area contributed by atoms with Crippen molar-refractivity contribution in [3.05, 3.63) is 18.1 Å². The minimum absolute atomic E-state index is 0.265. The number of ether oxygens (including phenoxy) is 2. The van der Waals surface area contributed by atoms with Crippen LogP contribution in [0.5, 0.6) is 12.0 Å². The molecule has 1 aliphatic heterocycles. The Morgan fingerprint density at radius 2 is 1.65 bits per heavy atom. The molecule has 1 aliphatic carbocycles. The molecule has 26 heavy (non-hydrogen) atoms. The van der Waals surface area contributed by atoms with Crippen molar-refractivity contribution >= 4 is 11.8 Å². The molecule has 0 bridgehead atoms. The molecule has 3 heterocycles. The zero-order valence-electron chi connectivity index (χ0n) is 15.1. The Balaban J connectivity index is 1.37. The third kappa shape index (κ3) is 3.76. The van der Waals surface area contributed by atoms with E-state index in [0.717, 1.165) is 37.6 Å². The van der Waals surface area contributed by atoms with E-state index >= 15 is 0 Å². The molecule has 2 aliphatic rings. The highest BCUT2D eigenvalue weighted by molar-refractivity contribution is 5.37. The summed E-state index contributed by atoms with van der Waals surface area (Å²) < 4.78 is 10.3. The van der Waals surface area contributed by atoms with Crippen LogP contribution in [0, 0.1) is 0 Å². The van der Waals surface area contributed by atoms with Crippen molar-refractivity contribution < 1.29 is 9.47 Å². The van der Waals surface area contributed by atoms with Gasteiger partial charge in [0.15, 0.2) is 0 Å². The Bertz CT molecular complexity index is 738. The molecule has 0 radical (unpaired) electrons. The summed E-state index contributed by atoms with van der Waals surface area (Å²) in [5, 5.41) is 3.54. The van der Waals surface area contributed by atoms with Crippen LogP contribution in [0.1, 0.15) is 37.4 Å². The molecule has 2 aromatic rings. The Kier molecular flexibility index (Phi) is 4.68. The van der Waals surface area contributed by atoms with Gasteiger partial charge < -0.3 is 19.7 Å². The van der Waals surface area contributed by atoms with Crippen LogP contribution in [0.2, 0.25) is 0 Å². The lowest BCUT2D eigenvalue weighted by Crippen LogP contribution is -2.40. The van der Waals surface area contributed by atoms with Crippen LogP contribution in [0.25, 0.3) is 0 Å². The molecule has 2 fully saturated rings. The van der Waals surface area contributed by atoms with Crippen LogP contribution in [-0.4, -0.2) is 58.3 Å². The second-order valence-electron chi connectivity index (χ2n) is 6.59. The first-order chi connectivity index (χ1) is 12.7. The molecule has 9 heteroatoms. The molecule has 4 rings (SSSR count). The van der Waals surface area contributed by atoms with Crippen molar-refractivity contribution in [1.29, 1.82) is 0 Å². The first kappa shape index (κ1) is 16.7. The monoisotopic (exact) mass is 357 g/mol. The van der Waals surface area contributed by atoms with Gasteiger partial charge in [0.1, 0.15) is 11.6 Å². The summed E-state index contributed by atoms with van der Waals surface area (Å²) in [6, 6.07) is 2.85. The molecule has 0 aromatic carbocycles. The van der Waals surface area contributed by atoms with Crippen LogP contribution in [-0.2, 0) is 0 Å². The van der Waals surface area contributed by atoms with Gasteiger partial charge in [0.25, 0.3) is 0 Å². The van der Waals surface area contributed by atoms with E-state index in [9.17, 15) is 0 Å². The number of methoxy groups -OCH3 is 2. The Morgan fingerprint density at radius 1 is 0.962 bits per heavy atom. The van der Waals surface area contributed by atoms with E-state index < -0.39 is 0 Å². The number of nitrogens with one attached hydrogen (secondary N) is 1. The van der Waals surface area contributed by atoms with Crippen LogP contribution < -0.4 is 19.7 Å². The largest absolute Gasteiger partial charge is 0.467 e. The molecule has 2 aromatic heterocycles. The highest BCUT2D eigenvalue weighted by Crippen LogP contribution is 2.38. The number of hydrogen-bond donors (Lipinski definition) is 1. The molecule has 1 N–H and O–H groups in total. The quantitative estimate of drug-likeness (QED) is 0.827. The standard InChI is InChI=1S/C17H23N7O2/c1-25-16-21-15(22-17(23-16)26-2)24-9-6-12(7-10-24)19-13-5-8-18-14(20-13)11-3-4-11/h5,8,11-12H,3-4,6-7,9-10H2,1-2H3,(H,18,19,20). The van der Waals surface area contributed by atoms with Gasteiger partial charge in [-0.05, 0) is 31.7 Å². The second kappa shape index (κ2) is 7.27. The number of aromatic nitrogens is 5. The van der Waals surface area contributed by atoms with Crippen LogP contribution in [0.4, 0.5) is 11.8 Å². The minimum Gasteiger partial charge on any atom is -0.467 e. The van der Waals surface area contributed by atoms with Crippen molar-refractivity contribution in [1.82, 2.24) is 24.9 Å². The van der Waals surface area contributed by atoms with E-state index in [0.29, 0.717) is 17.9 Å². The molecular weight excluding hydrogens is 334 g/mol. The van der Waals surface area contributed by atoms with E-state index in [-0.39, 0.29) is 12.0 Å². The number of rotatable bonds is 6. The van der Waals surface area contributed by atoms with E-state index in [4.69, 9.17) is 9.47 Å². The van der Waals surface area contributed by atoms with E-state index in [1.165, 1.54) is 27.1 Å². The molecule has 0 amide bonds. The van der Waals surface area contributed by atoms with Gasteiger partial charge in [0.05, 0.1) is 14.2 Å². The minimum atomic E-state index is 0.265. The first-order valence-corrected chi connectivity index (χ1v) is 8.93. The van der Waals surface area contributed by atoms with Gasteiger partial charge in [-0.3, -0.25) is 0 Å². The SMILES string of the molecule is COc1nc(OC)nc(N2CCC(Nc3ccnc(C4CC4)n3)CC2)n1. The third-order valence-electron chi connectivity index (χ3n) is 4.69. The van der Waals surface area contributed by atoms with Crippen molar-refractivity contribution in [3.8, 4) is 12.0 Å². The summed E-state index contributed by atoms with van der Waals surface area (Å²) in [5.74, 6) is 3.04. The maximum absolute atomic E-state index is 5.13. The van der Waals surface area contributed by atoms with Crippen molar-refractivity contribution in [2.45, 2.75) is 37.6 Å². The van der Waals surface area contributed by atoms with Crippen LogP contribution >= 0.6 is 0 Å². The summed E-state index contributed by atoms with van der Waals surface area (Å²) >= 11 is 0. The van der Waals surface area contributed by atoms with Gasteiger partial charge in [-0.15, -0.1) is 4.98 Å². The number of nitrogens with zero attached hydrogens (tertiary/aromatic N) is 6. The zero-order chi connectivity index (χ0) is 17.9. The van der Waals surface area contributed by atoms with Crippen molar-refractivity contribution in [3.63, 3.8) is 0 Å². The molecule has 0 spiro atoms. The van der Waals surface area contributed by atoms with Gasteiger partial charge in [-0.1, -0.05) is 0 Å². The number of piperidine rings is 1. The van der Waals surface area contributed by atoms with E-state index in [1.807, 2.05) is 12.3 Å².